The highest BCUT2D eigenvalue weighted by molar-refractivity contribution is 7.86. The SMILES string of the molecule is NCCN(CC(F)(F)F)S(=O)(=O)N1C[C@H](CCCB(O)O)[C@@H](N)C1. The summed E-state index contributed by atoms with van der Waals surface area (Å²) in [6.45, 7) is -2.33. The van der Waals surface area contributed by atoms with E-state index in [-0.39, 0.29) is 31.9 Å². The van der Waals surface area contributed by atoms with Crippen molar-refractivity contribution in [1.29, 1.82) is 0 Å². The van der Waals surface area contributed by atoms with E-state index in [9.17, 15) is 21.6 Å². The number of hydrogen-bond acceptors (Lipinski definition) is 6. The number of rotatable bonds is 9. The Hall–Kier alpha value is -0.435. The molecule has 0 bridgehead atoms. The van der Waals surface area contributed by atoms with E-state index in [0.717, 1.165) is 4.31 Å². The first-order valence-corrected chi connectivity index (χ1v) is 9.01. The Labute approximate surface area is 139 Å². The van der Waals surface area contributed by atoms with E-state index in [4.69, 9.17) is 21.5 Å². The smallest absolute Gasteiger partial charge is 0.427 e. The number of nitrogens with zero attached hydrogens (tertiary/aromatic N) is 2. The van der Waals surface area contributed by atoms with Crippen LogP contribution in [0.1, 0.15) is 12.8 Å². The zero-order valence-corrected chi connectivity index (χ0v) is 14.0. The molecule has 2 atom stereocenters. The normalized spacial score (nSPS) is 23.2. The second-order valence-electron chi connectivity index (χ2n) is 5.90. The van der Waals surface area contributed by atoms with Gasteiger partial charge in [0.05, 0.1) is 0 Å². The summed E-state index contributed by atoms with van der Waals surface area (Å²) in [4.78, 5) is 0. The molecule has 1 aliphatic rings. The van der Waals surface area contributed by atoms with Gasteiger partial charge in [0.15, 0.2) is 0 Å². The maximum absolute atomic E-state index is 12.6. The van der Waals surface area contributed by atoms with Crippen molar-refractivity contribution in [1.82, 2.24) is 8.61 Å². The van der Waals surface area contributed by atoms with E-state index in [1.807, 2.05) is 0 Å². The minimum atomic E-state index is -4.67. The highest BCUT2D eigenvalue weighted by atomic mass is 32.2. The zero-order chi connectivity index (χ0) is 18.5. The van der Waals surface area contributed by atoms with Gasteiger partial charge in [-0.2, -0.15) is 30.2 Å². The third-order valence-corrected chi connectivity index (χ3v) is 5.80. The molecule has 1 aliphatic heterocycles. The topological polar surface area (TPSA) is 133 Å². The molecule has 0 amide bonds. The van der Waals surface area contributed by atoms with Crippen LogP contribution in [-0.4, -0.2) is 79.1 Å². The van der Waals surface area contributed by atoms with Crippen LogP contribution < -0.4 is 11.5 Å². The van der Waals surface area contributed by atoms with Gasteiger partial charge in [0, 0.05) is 32.2 Å². The van der Waals surface area contributed by atoms with E-state index >= 15 is 0 Å². The maximum Gasteiger partial charge on any atom is 0.451 e. The standard InChI is InChI=1S/C11H24BF3N4O4S/c13-11(14,15)8-18(5-4-16)24(22,23)19-6-9(10(17)7-19)2-1-3-12(20)21/h9-10,20-21H,1-8,16-17H2/t9-,10-/m0/s1. The van der Waals surface area contributed by atoms with Crippen LogP contribution in [0.15, 0.2) is 0 Å². The first kappa shape index (κ1) is 21.6. The second kappa shape index (κ2) is 8.78. The third-order valence-electron chi connectivity index (χ3n) is 3.88. The first-order chi connectivity index (χ1) is 11.0. The summed E-state index contributed by atoms with van der Waals surface area (Å²) < 4.78 is 63.9. The van der Waals surface area contributed by atoms with E-state index in [1.54, 1.807) is 0 Å². The van der Waals surface area contributed by atoms with Crippen LogP contribution in [0.4, 0.5) is 13.2 Å². The van der Waals surface area contributed by atoms with E-state index in [0.29, 0.717) is 17.1 Å². The van der Waals surface area contributed by atoms with Crippen LogP contribution in [0.2, 0.25) is 6.32 Å². The predicted octanol–water partition coefficient (Wildman–Crippen LogP) is -1.43. The Morgan fingerprint density at radius 1 is 1.29 bits per heavy atom. The summed E-state index contributed by atoms with van der Waals surface area (Å²) in [5.74, 6) is -0.246. The highest BCUT2D eigenvalue weighted by Gasteiger charge is 2.43. The number of halogens is 3. The Kier molecular flexibility index (Phi) is 7.91. The largest absolute Gasteiger partial charge is 0.451 e. The minimum absolute atomic E-state index is 0.00392. The van der Waals surface area contributed by atoms with Crippen LogP contribution in [0.3, 0.4) is 0 Å². The van der Waals surface area contributed by atoms with Crippen molar-refractivity contribution in [2.45, 2.75) is 31.4 Å². The van der Waals surface area contributed by atoms with Gasteiger partial charge >= 0.3 is 13.3 Å². The number of nitrogens with two attached hydrogens (primary N) is 2. The van der Waals surface area contributed by atoms with Crippen molar-refractivity contribution >= 4 is 17.3 Å². The highest BCUT2D eigenvalue weighted by Crippen LogP contribution is 2.27. The molecule has 0 aromatic carbocycles. The van der Waals surface area contributed by atoms with Crippen LogP contribution >= 0.6 is 0 Å². The molecule has 24 heavy (non-hydrogen) atoms. The molecule has 0 aromatic rings. The summed E-state index contributed by atoms with van der Waals surface area (Å²) in [6.07, 6.45) is -3.65. The molecule has 0 aromatic heterocycles. The quantitative estimate of drug-likeness (QED) is 0.365. The molecular formula is C11H24BF3N4O4S. The van der Waals surface area contributed by atoms with Crippen molar-refractivity contribution in [3.05, 3.63) is 0 Å². The molecule has 0 unspecified atom stereocenters. The lowest BCUT2D eigenvalue weighted by Gasteiger charge is -2.27. The van der Waals surface area contributed by atoms with Gasteiger partial charge in [-0.1, -0.05) is 6.42 Å². The summed E-state index contributed by atoms with van der Waals surface area (Å²) in [5, 5.41) is 17.6. The van der Waals surface area contributed by atoms with Crippen molar-refractivity contribution in [3.63, 3.8) is 0 Å². The fourth-order valence-electron chi connectivity index (χ4n) is 2.70. The van der Waals surface area contributed by atoms with Crippen molar-refractivity contribution in [2.75, 3.05) is 32.7 Å². The molecule has 1 fully saturated rings. The Morgan fingerprint density at radius 3 is 2.42 bits per heavy atom. The molecule has 6 N–H and O–H groups in total. The predicted molar refractivity (Wildman–Crippen MR) is 82.9 cm³/mol. The summed E-state index contributed by atoms with van der Waals surface area (Å²) in [5.41, 5.74) is 11.1. The van der Waals surface area contributed by atoms with E-state index < -0.39 is 42.6 Å². The maximum atomic E-state index is 12.6. The van der Waals surface area contributed by atoms with Crippen LogP contribution in [-0.2, 0) is 10.2 Å². The van der Waals surface area contributed by atoms with Crippen molar-refractivity contribution < 1.29 is 31.6 Å². The molecule has 0 saturated carbocycles. The van der Waals surface area contributed by atoms with Gasteiger partial charge in [0.25, 0.3) is 10.2 Å². The van der Waals surface area contributed by atoms with Gasteiger partial charge in [0.1, 0.15) is 6.54 Å². The molecule has 1 heterocycles. The van der Waals surface area contributed by atoms with E-state index in [2.05, 4.69) is 0 Å². The average molecular weight is 376 g/mol. The Morgan fingerprint density at radius 2 is 1.92 bits per heavy atom. The van der Waals surface area contributed by atoms with Crippen molar-refractivity contribution in [3.8, 4) is 0 Å². The molecule has 1 saturated heterocycles. The molecule has 0 radical (unpaired) electrons. The summed E-state index contributed by atoms with van der Waals surface area (Å²) >= 11 is 0. The van der Waals surface area contributed by atoms with E-state index in [1.165, 1.54) is 0 Å². The fraction of sp³-hybridized carbons (Fsp3) is 1.00. The van der Waals surface area contributed by atoms with Gasteiger partial charge in [-0.3, -0.25) is 0 Å². The Balaban J connectivity index is 2.75. The summed E-state index contributed by atoms with van der Waals surface area (Å²) in [7, 11) is -5.77. The lowest BCUT2D eigenvalue weighted by Crippen LogP contribution is -2.48. The molecule has 0 spiro atoms. The van der Waals surface area contributed by atoms with Crippen LogP contribution in [0, 0.1) is 5.92 Å². The third kappa shape index (κ3) is 6.46. The second-order valence-corrected chi connectivity index (χ2v) is 7.83. The molecule has 1 rings (SSSR count). The van der Waals surface area contributed by atoms with Gasteiger partial charge in [0.2, 0.25) is 0 Å². The first-order valence-electron chi connectivity index (χ1n) is 7.61. The Bertz CT molecular complexity index is 494. The molecule has 0 aliphatic carbocycles. The fourth-order valence-corrected chi connectivity index (χ4v) is 4.41. The lowest BCUT2D eigenvalue weighted by molar-refractivity contribution is -0.136. The lowest BCUT2D eigenvalue weighted by atomic mass is 9.82. The summed E-state index contributed by atoms with van der Waals surface area (Å²) in [6, 6.07) is -0.513. The van der Waals surface area contributed by atoms with Gasteiger partial charge < -0.3 is 21.5 Å². The van der Waals surface area contributed by atoms with Gasteiger partial charge in [-0.05, 0) is 18.7 Å². The number of alkyl halides is 3. The van der Waals surface area contributed by atoms with Crippen LogP contribution in [0.25, 0.3) is 0 Å². The molecular weight excluding hydrogens is 352 g/mol. The van der Waals surface area contributed by atoms with Crippen molar-refractivity contribution in [2.24, 2.45) is 17.4 Å². The molecule has 13 heteroatoms. The zero-order valence-electron chi connectivity index (χ0n) is 13.2. The average Bonchev–Trinajstić information content (AvgIpc) is 2.79. The van der Waals surface area contributed by atoms with Gasteiger partial charge in [-0.25, -0.2) is 0 Å². The van der Waals surface area contributed by atoms with Crippen LogP contribution in [0.5, 0.6) is 0 Å². The van der Waals surface area contributed by atoms with Gasteiger partial charge in [-0.15, -0.1) is 0 Å². The number of hydrogen-bond donors (Lipinski definition) is 4. The monoisotopic (exact) mass is 376 g/mol. The molecule has 142 valence electrons. The minimum Gasteiger partial charge on any atom is -0.427 e. The molecule has 8 nitrogen and oxygen atoms in total.